The van der Waals surface area contributed by atoms with Crippen LogP contribution in [0.4, 0.5) is 5.82 Å². The fraction of sp³-hybridized carbons (Fsp3) is 0.235. The van der Waals surface area contributed by atoms with E-state index in [1.54, 1.807) is 29.0 Å². The Morgan fingerprint density at radius 2 is 1.85 bits per heavy atom. The van der Waals surface area contributed by atoms with Gasteiger partial charge in [0.2, 0.25) is 0 Å². The summed E-state index contributed by atoms with van der Waals surface area (Å²) in [6.45, 7) is 0.537. The normalized spacial score (nSPS) is 14.0. The van der Waals surface area contributed by atoms with Crippen molar-refractivity contribution in [2.75, 3.05) is 5.32 Å². The lowest BCUT2D eigenvalue weighted by Crippen LogP contribution is -2.09. The average Bonchev–Trinajstić information content (AvgIpc) is 3.23. The maximum atomic E-state index is 6.11. The van der Waals surface area contributed by atoms with Gasteiger partial charge in [-0.3, -0.25) is 0 Å². The summed E-state index contributed by atoms with van der Waals surface area (Å²) in [6, 6.07) is 9.48. The molecule has 0 saturated heterocycles. The van der Waals surface area contributed by atoms with Gasteiger partial charge in [-0.15, -0.1) is 25.5 Å². The van der Waals surface area contributed by atoms with Crippen molar-refractivity contribution in [1.82, 2.24) is 34.6 Å². The van der Waals surface area contributed by atoms with Crippen LogP contribution in [0, 0.1) is 0 Å². The van der Waals surface area contributed by atoms with E-state index in [0.29, 0.717) is 39.9 Å². The molecule has 0 radical (unpaired) electrons. The lowest BCUT2D eigenvalue weighted by atomic mass is 10.2. The number of rotatable bonds is 5. The topological polar surface area (TPSA) is 85.8 Å². The fourth-order valence-electron chi connectivity index (χ4n) is 2.97. The van der Waals surface area contributed by atoms with E-state index in [0.717, 1.165) is 11.4 Å². The second-order valence-electron chi connectivity index (χ2n) is 6.41. The van der Waals surface area contributed by atoms with Crippen LogP contribution in [0.2, 0.25) is 10.0 Å². The maximum Gasteiger partial charge on any atom is 0.185 e. The van der Waals surface area contributed by atoms with Crippen molar-refractivity contribution in [3.05, 3.63) is 52.5 Å². The molecule has 1 aliphatic rings. The predicted octanol–water partition coefficient (Wildman–Crippen LogP) is 3.64. The predicted molar refractivity (Wildman–Crippen MR) is 102 cm³/mol. The van der Waals surface area contributed by atoms with Crippen molar-refractivity contribution in [2.45, 2.75) is 25.4 Å². The zero-order valence-corrected chi connectivity index (χ0v) is 15.6. The number of aromatic nitrogens is 7. The molecule has 1 saturated carbocycles. The van der Waals surface area contributed by atoms with Crippen molar-refractivity contribution in [3.8, 4) is 11.4 Å². The third kappa shape index (κ3) is 3.22. The van der Waals surface area contributed by atoms with Crippen molar-refractivity contribution in [1.29, 1.82) is 0 Å². The van der Waals surface area contributed by atoms with Gasteiger partial charge in [-0.1, -0.05) is 23.2 Å². The number of benzene rings is 1. The van der Waals surface area contributed by atoms with Gasteiger partial charge in [0.25, 0.3) is 0 Å². The highest BCUT2D eigenvalue weighted by Gasteiger charge is 2.25. The molecule has 1 aromatic carbocycles. The number of hydrogen-bond acceptors (Lipinski definition) is 6. The minimum absolute atomic E-state index is 0.531. The second-order valence-corrected chi connectivity index (χ2v) is 7.28. The molecule has 0 atom stereocenters. The van der Waals surface area contributed by atoms with Crippen LogP contribution in [0.25, 0.3) is 17.0 Å². The minimum atomic E-state index is 0.531. The summed E-state index contributed by atoms with van der Waals surface area (Å²) in [6.07, 6.45) is 4.15. The summed E-state index contributed by atoms with van der Waals surface area (Å²) in [4.78, 5) is 0. The molecule has 0 unspecified atom stereocenters. The number of nitrogens with zero attached hydrogens (tertiary/aromatic N) is 7. The number of halogens is 2. The molecular formula is C17H14Cl2N8. The zero-order valence-electron chi connectivity index (χ0n) is 14.0. The third-order valence-corrected chi connectivity index (χ3v) is 4.84. The Morgan fingerprint density at radius 3 is 2.63 bits per heavy atom. The first-order valence-electron chi connectivity index (χ1n) is 8.48. The molecule has 4 aromatic rings. The summed E-state index contributed by atoms with van der Waals surface area (Å²) >= 11 is 12.2. The van der Waals surface area contributed by atoms with Crippen molar-refractivity contribution < 1.29 is 0 Å². The molecule has 0 aliphatic heterocycles. The number of hydrogen-bond donors (Lipinski definition) is 1. The summed E-state index contributed by atoms with van der Waals surface area (Å²) in [7, 11) is 0. The van der Waals surface area contributed by atoms with Gasteiger partial charge in [-0.2, -0.15) is 4.52 Å². The number of fused-ring (bicyclic) bond motifs is 1. The highest BCUT2D eigenvalue weighted by Crippen LogP contribution is 2.35. The molecule has 5 rings (SSSR count). The standard InChI is InChI=1S/C17H14Cl2N8/c18-11-5-10(6-12(19)7-11)17-24-23-15-4-3-14(25-27(15)17)20-8-16-22-21-9-26(16)13-1-2-13/h3-7,9,13H,1-2,8H2,(H,20,25). The maximum absolute atomic E-state index is 6.11. The number of nitrogens with one attached hydrogen (secondary N) is 1. The van der Waals surface area contributed by atoms with Gasteiger partial charge in [0, 0.05) is 21.7 Å². The van der Waals surface area contributed by atoms with Crippen molar-refractivity contribution >= 4 is 34.7 Å². The van der Waals surface area contributed by atoms with Crippen molar-refractivity contribution in [2.24, 2.45) is 0 Å². The summed E-state index contributed by atoms with van der Waals surface area (Å²) in [5.74, 6) is 2.14. The SMILES string of the molecule is Clc1cc(Cl)cc(-c2nnc3ccc(NCc4nncn4C4CC4)nn23)c1. The van der Waals surface area contributed by atoms with Gasteiger partial charge >= 0.3 is 0 Å². The molecule has 0 spiro atoms. The monoisotopic (exact) mass is 400 g/mol. The van der Waals surface area contributed by atoms with Crippen LogP contribution in [0.3, 0.4) is 0 Å². The van der Waals surface area contributed by atoms with Crippen LogP contribution in [0.5, 0.6) is 0 Å². The molecule has 27 heavy (non-hydrogen) atoms. The molecule has 8 nitrogen and oxygen atoms in total. The molecular weight excluding hydrogens is 387 g/mol. The van der Waals surface area contributed by atoms with Crippen LogP contribution in [-0.4, -0.2) is 34.6 Å². The third-order valence-electron chi connectivity index (χ3n) is 4.40. The van der Waals surface area contributed by atoms with Gasteiger partial charge in [-0.05, 0) is 43.2 Å². The minimum Gasteiger partial charge on any atom is -0.361 e. The molecule has 1 aliphatic carbocycles. The zero-order chi connectivity index (χ0) is 18.4. The molecule has 3 heterocycles. The second kappa shape index (κ2) is 6.47. The lowest BCUT2D eigenvalue weighted by Gasteiger charge is -2.08. The van der Waals surface area contributed by atoms with E-state index in [4.69, 9.17) is 23.2 Å². The van der Waals surface area contributed by atoms with Crippen molar-refractivity contribution in [3.63, 3.8) is 0 Å². The molecule has 1 fully saturated rings. The van der Waals surface area contributed by atoms with E-state index in [-0.39, 0.29) is 0 Å². The Labute approximate surface area is 164 Å². The van der Waals surface area contributed by atoms with Crippen LogP contribution < -0.4 is 5.32 Å². The van der Waals surface area contributed by atoms with E-state index in [2.05, 4.69) is 35.4 Å². The van der Waals surface area contributed by atoms with E-state index in [1.807, 2.05) is 12.1 Å². The highest BCUT2D eigenvalue weighted by molar-refractivity contribution is 6.35. The lowest BCUT2D eigenvalue weighted by molar-refractivity contribution is 0.689. The van der Waals surface area contributed by atoms with Gasteiger partial charge in [0.15, 0.2) is 17.3 Å². The highest BCUT2D eigenvalue weighted by atomic mass is 35.5. The summed E-state index contributed by atoms with van der Waals surface area (Å²) in [5, 5.41) is 25.5. The Bertz CT molecular complexity index is 1110. The quantitative estimate of drug-likeness (QED) is 0.550. The first-order chi connectivity index (χ1) is 13.2. The van der Waals surface area contributed by atoms with E-state index in [9.17, 15) is 0 Å². The Morgan fingerprint density at radius 1 is 1.04 bits per heavy atom. The fourth-order valence-corrected chi connectivity index (χ4v) is 3.49. The molecule has 0 amide bonds. The Balaban J connectivity index is 1.45. The average molecular weight is 401 g/mol. The molecule has 136 valence electrons. The Kier molecular flexibility index (Phi) is 3.95. The van der Waals surface area contributed by atoms with Crippen LogP contribution in [0.1, 0.15) is 24.7 Å². The van der Waals surface area contributed by atoms with E-state index >= 15 is 0 Å². The Hall–Kier alpha value is -2.71. The first kappa shape index (κ1) is 16.5. The van der Waals surface area contributed by atoms with Gasteiger partial charge in [0.05, 0.1) is 6.54 Å². The van der Waals surface area contributed by atoms with E-state index < -0.39 is 0 Å². The van der Waals surface area contributed by atoms with Crippen LogP contribution in [0.15, 0.2) is 36.7 Å². The smallest absolute Gasteiger partial charge is 0.185 e. The largest absolute Gasteiger partial charge is 0.361 e. The van der Waals surface area contributed by atoms with Gasteiger partial charge in [0.1, 0.15) is 12.1 Å². The molecule has 1 N–H and O–H groups in total. The summed E-state index contributed by atoms with van der Waals surface area (Å²) in [5.41, 5.74) is 1.38. The van der Waals surface area contributed by atoms with Crippen LogP contribution >= 0.6 is 23.2 Å². The first-order valence-corrected chi connectivity index (χ1v) is 9.24. The van der Waals surface area contributed by atoms with E-state index in [1.165, 1.54) is 12.8 Å². The molecule has 10 heteroatoms. The molecule has 0 bridgehead atoms. The summed E-state index contributed by atoms with van der Waals surface area (Å²) < 4.78 is 3.78. The van der Waals surface area contributed by atoms with Crippen LogP contribution in [-0.2, 0) is 6.54 Å². The molecule has 3 aromatic heterocycles. The van der Waals surface area contributed by atoms with Gasteiger partial charge < -0.3 is 9.88 Å². The van der Waals surface area contributed by atoms with Gasteiger partial charge in [-0.25, -0.2) is 0 Å². The number of anilines is 1.